The Morgan fingerprint density at radius 2 is 2.31 bits per heavy atom. The first-order valence-electron chi connectivity index (χ1n) is 5.15. The molecule has 74 valence electrons. The molecule has 3 heteroatoms. The molecule has 2 fully saturated rings. The van der Waals surface area contributed by atoms with E-state index in [4.69, 9.17) is 4.74 Å². The van der Waals surface area contributed by atoms with Crippen molar-refractivity contribution >= 4 is 5.97 Å². The van der Waals surface area contributed by atoms with Gasteiger partial charge in [0.05, 0.1) is 33.3 Å². The van der Waals surface area contributed by atoms with E-state index in [0.717, 1.165) is 11.0 Å². The van der Waals surface area contributed by atoms with E-state index in [0.29, 0.717) is 12.5 Å². The van der Waals surface area contributed by atoms with E-state index in [1.807, 2.05) is 6.92 Å². The highest BCUT2D eigenvalue weighted by Crippen LogP contribution is 2.38. The number of nitrogens with zero attached hydrogens (tertiary/aromatic N) is 1. The standard InChI is InChI=1S/C10H18NO2/c1-3-13-10(12)9-7-11(2)5-4-8(9)6-11/h8-9H,3-7H2,1-2H3/q+1. The summed E-state index contributed by atoms with van der Waals surface area (Å²) in [4.78, 5) is 11.5. The number of hydrogen-bond acceptors (Lipinski definition) is 2. The van der Waals surface area contributed by atoms with Crippen molar-refractivity contribution in [3.63, 3.8) is 0 Å². The maximum Gasteiger partial charge on any atom is 0.315 e. The lowest BCUT2D eigenvalue weighted by atomic mass is 9.93. The van der Waals surface area contributed by atoms with Gasteiger partial charge in [-0.15, -0.1) is 0 Å². The van der Waals surface area contributed by atoms with Crippen LogP contribution in [0, 0.1) is 11.8 Å². The van der Waals surface area contributed by atoms with Gasteiger partial charge in [0.2, 0.25) is 0 Å². The lowest BCUT2D eigenvalue weighted by molar-refractivity contribution is -0.890. The van der Waals surface area contributed by atoms with E-state index in [2.05, 4.69) is 7.05 Å². The number of carbonyl (C=O) groups excluding carboxylic acids is 1. The number of piperidine rings is 1. The second kappa shape index (κ2) is 2.98. The number of fused-ring (bicyclic) bond motifs is 2. The van der Waals surface area contributed by atoms with Gasteiger partial charge in [0.1, 0.15) is 5.92 Å². The van der Waals surface area contributed by atoms with Crippen molar-refractivity contribution in [2.24, 2.45) is 11.8 Å². The summed E-state index contributed by atoms with van der Waals surface area (Å²) in [6, 6.07) is 0. The molecule has 0 saturated carbocycles. The van der Waals surface area contributed by atoms with Crippen LogP contribution in [0.15, 0.2) is 0 Å². The molecule has 2 saturated heterocycles. The highest BCUT2D eigenvalue weighted by atomic mass is 16.5. The minimum absolute atomic E-state index is 0.0362. The quantitative estimate of drug-likeness (QED) is 0.465. The third kappa shape index (κ3) is 1.46. The van der Waals surface area contributed by atoms with Gasteiger partial charge in [0.25, 0.3) is 0 Å². The van der Waals surface area contributed by atoms with E-state index in [-0.39, 0.29) is 11.9 Å². The summed E-state index contributed by atoms with van der Waals surface area (Å²) in [6.45, 7) is 5.83. The molecule has 0 aromatic heterocycles. The molecular weight excluding hydrogens is 166 g/mol. The summed E-state index contributed by atoms with van der Waals surface area (Å²) in [6.07, 6.45) is 1.21. The Morgan fingerprint density at radius 3 is 2.77 bits per heavy atom. The van der Waals surface area contributed by atoms with Crippen LogP contribution in [0.25, 0.3) is 0 Å². The molecule has 2 rings (SSSR count). The van der Waals surface area contributed by atoms with Crippen molar-refractivity contribution in [2.45, 2.75) is 13.3 Å². The number of ether oxygens (including phenoxy) is 1. The van der Waals surface area contributed by atoms with Crippen LogP contribution in [0.5, 0.6) is 0 Å². The predicted molar refractivity (Wildman–Crippen MR) is 49.0 cm³/mol. The number of hydrogen-bond donors (Lipinski definition) is 0. The van der Waals surface area contributed by atoms with Crippen LogP contribution in [0.2, 0.25) is 0 Å². The summed E-state index contributed by atoms with van der Waals surface area (Å²) in [5.41, 5.74) is 0. The van der Waals surface area contributed by atoms with Gasteiger partial charge in [0, 0.05) is 12.3 Å². The molecule has 3 nitrogen and oxygen atoms in total. The summed E-state index contributed by atoms with van der Waals surface area (Å²) >= 11 is 0. The van der Waals surface area contributed by atoms with Crippen LogP contribution >= 0.6 is 0 Å². The largest absolute Gasteiger partial charge is 0.466 e. The first kappa shape index (κ1) is 9.00. The maximum atomic E-state index is 11.5. The molecule has 0 aromatic carbocycles. The van der Waals surface area contributed by atoms with Crippen LogP contribution < -0.4 is 0 Å². The van der Waals surface area contributed by atoms with E-state index < -0.39 is 0 Å². The van der Waals surface area contributed by atoms with Crippen LogP contribution in [-0.2, 0) is 9.53 Å². The predicted octanol–water partition coefficient (Wildman–Crippen LogP) is 0.646. The van der Waals surface area contributed by atoms with Crippen molar-refractivity contribution in [1.82, 2.24) is 0 Å². The zero-order valence-electron chi connectivity index (χ0n) is 8.45. The Labute approximate surface area is 79.3 Å². The molecule has 2 bridgehead atoms. The van der Waals surface area contributed by atoms with Gasteiger partial charge in [-0.3, -0.25) is 4.79 Å². The van der Waals surface area contributed by atoms with Crippen molar-refractivity contribution in [3.05, 3.63) is 0 Å². The summed E-state index contributed by atoms with van der Waals surface area (Å²) in [5, 5.41) is 0. The average molecular weight is 184 g/mol. The van der Waals surface area contributed by atoms with Gasteiger partial charge in [-0.1, -0.05) is 0 Å². The lowest BCUT2D eigenvalue weighted by Crippen LogP contribution is -2.42. The van der Waals surface area contributed by atoms with E-state index in [1.54, 1.807) is 0 Å². The average Bonchev–Trinajstić information content (AvgIpc) is 2.59. The number of carbonyl (C=O) groups is 1. The molecule has 3 atom stereocenters. The highest BCUT2D eigenvalue weighted by molar-refractivity contribution is 5.73. The van der Waals surface area contributed by atoms with Crippen molar-refractivity contribution in [2.75, 3.05) is 33.3 Å². The lowest BCUT2D eigenvalue weighted by Gasteiger charge is -2.28. The highest BCUT2D eigenvalue weighted by Gasteiger charge is 2.52. The first-order valence-corrected chi connectivity index (χ1v) is 5.15. The summed E-state index contributed by atoms with van der Waals surface area (Å²) in [5.74, 6) is 0.830. The molecule has 13 heavy (non-hydrogen) atoms. The summed E-state index contributed by atoms with van der Waals surface area (Å²) < 4.78 is 6.17. The first-order chi connectivity index (χ1) is 6.14. The second-order valence-electron chi connectivity index (χ2n) is 4.62. The van der Waals surface area contributed by atoms with Crippen LogP contribution in [0.1, 0.15) is 13.3 Å². The molecule has 0 N–H and O–H groups in total. The minimum Gasteiger partial charge on any atom is -0.466 e. The third-order valence-corrected chi connectivity index (χ3v) is 3.51. The van der Waals surface area contributed by atoms with E-state index in [9.17, 15) is 4.79 Å². The Kier molecular flexibility index (Phi) is 2.06. The summed E-state index contributed by atoms with van der Waals surface area (Å²) in [7, 11) is 2.25. The van der Waals surface area contributed by atoms with Crippen LogP contribution in [0.4, 0.5) is 0 Å². The zero-order valence-corrected chi connectivity index (χ0v) is 8.45. The Hall–Kier alpha value is -0.570. The minimum atomic E-state index is 0.0362. The fraction of sp³-hybridized carbons (Fsp3) is 0.900. The zero-order chi connectivity index (χ0) is 9.47. The van der Waals surface area contributed by atoms with Crippen LogP contribution in [-0.4, -0.2) is 43.7 Å². The number of quaternary nitrogens is 1. The van der Waals surface area contributed by atoms with Gasteiger partial charge in [-0.2, -0.15) is 0 Å². The maximum absolute atomic E-state index is 11.5. The SMILES string of the molecule is CCOC(=O)C1C[N+]2(C)CCC1C2. The Balaban J connectivity index is 2.00. The molecule has 2 aliphatic rings. The van der Waals surface area contributed by atoms with E-state index >= 15 is 0 Å². The topological polar surface area (TPSA) is 26.3 Å². The fourth-order valence-corrected chi connectivity index (χ4v) is 2.86. The number of rotatable bonds is 2. The van der Waals surface area contributed by atoms with Crippen molar-refractivity contribution in [3.8, 4) is 0 Å². The Morgan fingerprint density at radius 1 is 1.54 bits per heavy atom. The van der Waals surface area contributed by atoms with E-state index in [1.165, 1.54) is 19.5 Å². The monoisotopic (exact) mass is 184 g/mol. The van der Waals surface area contributed by atoms with Gasteiger partial charge in [-0.05, 0) is 6.92 Å². The molecule has 0 radical (unpaired) electrons. The van der Waals surface area contributed by atoms with Crippen LogP contribution in [0.3, 0.4) is 0 Å². The van der Waals surface area contributed by atoms with Crippen molar-refractivity contribution in [1.29, 1.82) is 0 Å². The molecule has 0 amide bonds. The Bertz CT molecular complexity index is 229. The van der Waals surface area contributed by atoms with Gasteiger partial charge >= 0.3 is 5.97 Å². The molecule has 2 heterocycles. The molecule has 0 aliphatic carbocycles. The fourth-order valence-electron chi connectivity index (χ4n) is 2.86. The van der Waals surface area contributed by atoms with Gasteiger partial charge < -0.3 is 9.22 Å². The molecule has 0 spiro atoms. The van der Waals surface area contributed by atoms with Gasteiger partial charge in [0.15, 0.2) is 0 Å². The molecular formula is C10H18NO2+. The molecule has 3 unspecified atom stereocenters. The second-order valence-corrected chi connectivity index (χ2v) is 4.62. The normalized spacial score (nSPS) is 42.3. The smallest absolute Gasteiger partial charge is 0.315 e. The molecule has 2 aliphatic heterocycles. The molecule has 0 aromatic rings. The third-order valence-electron chi connectivity index (χ3n) is 3.51. The van der Waals surface area contributed by atoms with Crippen molar-refractivity contribution < 1.29 is 14.0 Å². The number of esters is 1. The van der Waals surface area contributed by atoms with Gasteiger partial charge in [-0.25, -0.2) is 0 Å².